The first-order valence-corrected chi connectivity index (χ1v) is 8.66. The minimum absolute atomic E-state index is 0.121. The van der Waals surface area contributed by atoms with Gasteiger partial charge in [0.2, 0.25) is 0 Å². The number of amides is 1. The Hall–Kier alpha value is -1.56. The summed E-state index contributed by atoms with van der Waals surface area (Å²) in [7, 11) is 1.53. The molecule has 23 heavy (non-hydrogen) atoms. The highest BCUT2D eigenvalue weighted by Crippen LogP contribution is 2.23. The Balaban J connectivity index is 1.97. The third kappa shape index (κ3) is 4.47. The van der Waals surface area contributed by atoms with Crippen LogP contribution in [0.1, 0.15) is 43.0 Å². The summed E-state index contributed by atoms with van der Waals surface area (Å²) >= 11 is 3.31. The van der Waals surface area contributed by atoms with Crippen molar-refractivity contribution in [2.75, 3.05) is 20.3 Å². The Labute approximate surface area is 145 Å². The number of hydrogen-bond acceptors (Lipinski definition) is 4. The summed E-state index contributed by atoms with van der Waals surface area (Å²) in [6.45, 7) is 2.60. The standard InChI is InChI=1S/C17H22BrNO4/c1-3-12-6-4-5-9-19(12)16(20)11-23-17(21)14-10-13(22-2)7-8-15(14)18/h7-8,10,12H,3-6,9,11H2,1-2H3. The van der Waals surface area contributed by atoms with Crippen LogP contribution in [0.15, 0.2) is 22.7 Å². The van der Waals surface area contributed by atoms with Gasteiger partial charge in [0.15, 0.2) is 6.61 Å². The SMILES string of the molecule is CCC1CCCCN1C(=O)COC(=O)c1cc(OC)ccc1Br. The molecule has 0 aromatic heterocycles. The first-order chi connectivity index (χ1) is 11.1. The molecule has 1 aromatic rings. The van der Waals surface area contributed by atoms with Crippen molar-refractivity contribution < 1.29 is 19.1 Å². The first kappa shape index (κ1) is 17.8. The van der Waals surface area contributed by atoms with Gasteiger partial charge in [0.1, 0.15) is 5.75 Å². The average Bonchev–Trinajstić information content (AvgIpc) is 2.59. The van der Waals surface area contributed by atoms with E-state index >= 15 is 0 Å². The third-order valence-corrected chi connectivity index (χ3v) is 4.83. The smallest absolute Gasteiger partial charge is 0.339 e. The van der Waals surface area contributed by atoms with Gasteiger partial charge >= 0.3 is 5.97 Å². The zero-order valence-electron chi connectivity index (χ0n) is 13.5. The van der Waals surface area contributed by atoms with Crippen LogP contribution in [0.3, 0.4) is 0 Å². The number of esters is 1. The maximum Gasteiger partial charge on any atom is 0.339 e. The molecular formula is C17H22BrNO4. The number of carbonyl (C=O) groups is 2. The summed E-state index contributed by atoms with van der Waals surface area (Å²) < 4.78 is 10.9. The van der Waals surface area contributed by atoms with Crippen molar-refractivity contribution in [1.82, 2.24) is 4.90 Å². The van der Waals surface area contributed by atoms with Crippen molar-refractivity contribution in [3.63, 3.8) is 0 Å². The number of rotatable bonds is 5. The quantitative estimate of drug-likeness (QED) is 0.731. The number of hydrogen-bond donors (Lipinski definition) is 0. The molecule has 1 heterocycles. The van der Waals surface area contributed by atoms with Crippen LogP contribution in [0.4, 0.5) is 0 Å². The van der Waals surface area contributed by atoms with E-state index in [4.69, 9.17) is 9.47 Å². The van der Waals surface area contributed by atoms with Crippen LogP contribution >= 0.6 is 15.9 Å². The number of halogens is 1. The maximum atomic E-state index is 12.3. The van der Waals surface area contributed by atoms with Crippen LogP contribution in [0.25, 0.3) is 0 Å². The Morgan fingerprint density at radius 2 is 2.13 bits per heavy atom. The predicted molar refractivity (Wildman–Crippen MR) is 90.6 cm³/mol. The first-order valence-electron chi connectivity index (χ1n) is 7.87. The number of nitrogens with zero attached hydrogens (tertiary/aromatic N) is 1. The Kier molecular flexibility index (Phi) is 6.45. The van der Waals surface area contributed by atoms with E-state index in [2.05, 4.69) is 22.9 Å². The molecular weight excluding hydrogens is 362 g/mol. The van der Waals surface area contributed by atoms with Crippen molar-refractivity contribution in [1.29, 1.82) is 0 Å². The van der Waals surface area contributed by atoms with Crippen molar-refractivity contribution in [3.8, 4) is 5.75 Å². The second-order valence-electron chi connectivity index (χ2n) is 5.57. The summed E-state index contributed by atoms with van der Waals surface area (Å²) in [5.41, 5.74) is 0.350. The fourth-order valence-electron chi connectivity index (χ4n) is 2.83. The van der Waals surface area contributed by atoms with Gasteiger partial charge in [0.05, 0.1) is 12.7 Å². The van der Waals surface area contributed by atoms with Gasteiger partial charge in [-0.25, -0.2) is 4.79 Å². The van der Waals surface area contributed by atoms with E-state index in [9.17, 15) is 9.59 Å². The lowest BCUT2D eigenvalue weighted by Crippen LogP contribution is -2.45. The molecule has 0 bridgehead atoms. The third-order valence-electron chi connectivity index (χ3n) is 4.14. The molecule has 1 atom stereocenters. The lowest BCUT2D eigenvalue weighted by atomic mass is 10.00. The van der Waals surface area contributed by atoms with E-state index in [1.54, 1.807) is 18.2 Å². The molecule has 0 N–H and O–H groups in total. The molecule has 1 unspecified atom stereocenters. The summed E-state index contributed by atoms with van der Waals surface area (Å²) in [6, 6.07) is 5.31. The normalized spacial score (nSPS) is 17.7. The molecule has 126 valence electrons. The number of piperidine rings is 1. The minimum atomic E-state index is -0.533. The Bertz CT molecular complexity index is 576. The summed E-state index contributed by atoms with van der Waals surface area (Å²) in [5, 5.41) is 0. The average molecular weight is 384 g/mol. The van der Waals surface area contributed by atoms with Crippen molar-refractivity contribution >= 4 is 27.8 Å². The molecule has 0 aliphatic carbocycles. The maximum absolute atomic E-state index is 12.3. The van der Waals surface area contributed by atoms with Gasteiger partial charge in [-0.15, -0.1) is 0 Å². The molecule has 1 aromatic carbocycles. The van der Waals surface area contributed by atoms with Crippen LogP contribution in [0.5, 0.6) is 5.75 Å². The van der Waals surface area contributed by atoms with Crippen LogP contribution in [-0.4, -0.2) is 43.1 Å². The molecule has 1 aliphatic rings. The number of methoxy groups -OCH3 is 1. The van der Waals surface area contributed by atoms with Gasteiger partial charge < -0.3 is 14.4 Å². The lowest BCUT2D eigenvalue weighted by molar-refractivity contribution is -0.138. The van der Waals surface area contributed by atoms with Gasteiger partial charge in [-0.1, -0.05) is 6.92 Å². The van der Waals surface area contributed by atoms with E-state index in [-0.39, 0.29) is 18.6 Å². The Morgan fingerprint density at radius 1 is 1.35 bits per heavy atom. The molecule has 2 rings (SSSR count). The van der Waals surface area contributed by atoms with Crippen LogP contribution < -0.4 is 4.74 Å². The monoisotopic (exact) mass is 383 g/mol. The minimum Gasteiger partial charge on any atom is -0.497 e. The largest absolute Gasteiger partial charge is 0.497 e. The van der Waals surface area contributed by atoms with Crippen LogP contribution in [0, 0.1) is 0 Å². The van der Waals surface area contributed by atoms with E-state index in [0.717, 1.165) is 32.2 Å². The molecule has 0 spiro atoms. The Morgan fingerprint density at radius 3 is 2.83 bits per heavy atom. The molecule has 1 amide bonds. The van der Waals surface area contributed by atoms with Crippen molar-refractivity contribution in [3.05, 3.63) is 28.2 Å². The fraction of sp³-hybridized carbons (Fsp3) is 0.529. The van der Waals surface area contributed by atoms with Gasteiger partial charge in [0, 0.05) is 17.1 Å². The molecule has 5 nitrogen and oxygen atoms in total. The van der Waals surface area contributed by atoms with Gasteiger partial charge in [-0.05, 0) is 59.8 Å². The zero-order valence-corrected chi connectivity index (χ0v) is 15.1. The van der Waals surface area contributed by atoms with Gasteiger partial charge in [-0.3, -0.25) is 4.79 Å². The number of carbonyl (C=O) groups excluding carboxylic acids is 2. The molecule has 6 heteroatoms. The van der Waals surface area contributed by atoms with Crippen LogP contribution in [0.2, 0.25) is 0 Å². The highest BCUT2D eigenvalue weighted by atomic mass is 79.9. The van der Waals surface area contributed by atoms with Gasteiger partial charge in [-0.2, -0.15) is 0 Å². The molecule has 0 radical (unpaired) electrons. The summed E-state index contributed by atoms with van der Waals surface area (Å²) in [6.07, 6.45) is 4.12. The summed E-state index contributed by atoms with van der Waals surface area (Å²) in [5.74, 6) is -0.0911. The lowest BCUT2D eigenvalue weighted by Gasteiger charge is -2.35. The molecule has 0 saturated carbocycles. The van der Waals surface area contributed by atoms with Crippen molar-refractivity contribution in [2.45, 2.75) is 38.6 Å². The van der Waals surface area contributed by atoms with Crippen LogP contribution in [-0.2, 0) is 9.53 Å². The molecule has 1 aliphatic heterocycles. The second-order valence-corrected chi connectivity index (χ2v) is 6.42. The van der Waals surface area contributed by atoms with E-state index in [1.807, 2.05) is 4.90 Å². The van der Waals surface area contributed by atoms with E-state index in [0.29, 0.717) is 15.8 Å². The number of likely N-dealkylation sites (tertiary alicyclic amines) is 1. The van der Waals surface area contributed by atoms with E-state index in [1.165, 1.54) is 7.11 Å². The fourth-order valence-corrected chi connectivity index (χ4v) is 3.24. The highest BCUT2D eigenvalue weighted by Gasteiger charge is 2.26. The number of ether oxygens (including phenoxy) is 2. The van der Waals surface area contributed by atoms with Crippen molar-refractivity contribution in [2.24, 2.45) is 0 Å². The summed E-state index contributed by atoms with van der Waals surface area (Å²) in [4.78, 5) is 26.4. The molecule has 1 saturated heterocycles. The zero-order chi connectivity index (χ0) is 16.8. The predicted octanol–water partition coefficient (Wildman–Crippen LogP) is 3.41. The van der Waals surface area contributed by atoms with Gasteiger partial charge in [0.25, 0.3) is 5.91 Å². The molecule has 1 fully saturated rings. The van der Waals surface area contributed by atoms with E-state index < -0.39 is 5.97 Å². The highest BCUT2D eigenvalue weighted by molar-refractivity contribution is 9.10. The topological polar surface area (TPSA) is 55.8 Å². The number of benzene rings is 1. The second kappa shape index (κ2) is 8.34.